The standard InChI is InChI=1S/C13H22NOSi.HI/c1-14(8-9-15)10-12-6-4-5-7-13(12)16(2,3)11-14;/h4-7,15H,8-11H2,1-3H3;1H/q+1;/p-1. The van der Waals surface area contributed by atoms with Crippen LogP contribution >= 0.6 is 0 Å². The van der Waals surface area contributed by atoms with Crippen molar-refractivity contribution in [1.29, 1.82) is 0 Å². The number of fused-ring (bicyclic) bond motifs is 1. The molecule has 0 amide bonds. The molecular formula is C13H22INOSi. The van der Waals surface area contributed by atoms with Gasteiger partial charge in [-0.2, -0.15) is 0 Å². The molecule has 17 heavy (non-hydrogen) atoms. The first-order valence-corrected chi connectivity index (χ1v) is 9.20. The van der Waals surface area contributed by atoms with Gasteiger partial charge >= 0.3 is 0 Å². The van der Waals surface area contributed by atoms with E-state index in [4.69, 9.17) is 0 Å². The summed E-state index contributed by atoms with van der Waals surface area (Å²) in [6.07, 6.45) is 1.24. The molecule has 1 heterocycles. The zero-order valence-corrected chi connectivity index (χ0v) is 14.1. The zero-order chi connectivity index (χ0) is 11.8. The Morgan fingerprint density at radius 1 is 1.29 bits per heavy atom. The molecule has 0 saturated carbocycles. The van der Waals surface area contributed by atoms with Crippen molar-refractivity contribution in [2.24, 2.45) is 0 Å². The molecular weight excluding hydrogens is 341 g/mol. The fourth-order valence-electron chi connectivity index (χ4n) is 3.22. The fraction of sp³-hybridized carbons (Fsp3) is 0.538. The van der Waals surface area contributed by atoms with Crippen LogP contribution in [0.25, 0.3) is 0 Å². The van der Waals surface area contributed by atoms with Crippen LogP contribution in [0.1, 0.15) is 5.56 Å². The van der Waals surface area contributed by atoms with Crippen LogP contribution in [0.3, 0.4) is 0 Å². The molecule has 1 N–H and O–H groups in total. The molecule has 0 aromatic heterocycles. The Kier molecular flexibility index (Phi) is 4.79. The van der Waals surface area contributed by atoms with Gasteiger partial charge in [0.2, 0.25) is 0 Å². The normalized spacial score (nSPS) is 25.9. The van der Waals surface area contributed by atoms with Gasteiger partial charge in [0.05, 0.1) is 19.8 Å². The number of likely N-dealkylation sites (N-methyl/N-ethyl adjacent to an activating group) is 1. The van der Waals surface area contributed by atoms with Crippen LogP contribution in [0.2, 0.25) is 13.1 Å². The lowest BCUT2D eigenvalue weighted by molar-refractivity contribution is -0.914. The minimum atomic E-state index is -1.32. The molecule has 1 aliphatic rings. The maximum atomic E-state index is 9.20. The summed E-state index contributed by atoms with van der Waals surface area (Å²) in [5.74, 6) is 0. The van der Waals surface area contributed by atoms with E-state index in [-0.39, 0.29) is 24.0 Å². The van der Waals surface area contributed by atoms with E-state index in [1.165, 1.54) is 11.7 Å². The number of aliphatic hydroxyl groups excluding tert-OH is 1. The van der Waals surface area contributed by atoms with Gasteiger partial charge in [-0.3, -0.25) is 0 Å². The average Bonchev–Trinajstić information content (AvgIpc) is 2.16. The lowest BCUT2D eigenvalue weighted by atomic mass is 10.2. The second-order valence-corrected chi connectivity index (χ2v) is 10.5. The van der Waals surface area contributed by atoms with Crippen molar-refractivity contribution >= 4 is 13.3 Å². The molecule has 1 aromatic rings. The Morgan fingerprint density at radius 2 is 1.94 bits per heavy atom. The maximum absolute atomic E-state index is 9.20. The van der Waals surface area contributed by atoms with Crippen molar-refractivity contribution < 1.29 is 33.6 Å². The van der Waals surface area contributed by atoms with E-state index < -0.39 is 8.07 Å². The quantitative estimate of drug-likeness (QED) is 0.370. The number of rotatable bonds is 2. The Bertz CT molecular complexity index is 397. The number of nitrogens with zero attached hydrogens (tertiary/aromatic N) is 1. The Hall–Kier alpha value is 0.0869. The molecule has 0 fully saturated rings. The molecule has 1 aliphatic heterocycles. The fourth-order valence-corrected chi connectivity index (χ4v) is 7.15. The third-order valence-electron chi connectivity index (χ3n) is 3.72. The molecule has 0 saturated heterocycles. The summed E-state index contributed by atoms with van der Waals surface area (Å²) in [7, 11) is 0.956. The van der Waals surface area contributed by atoms with Crippen LogP contribution in [0.5, 0.6) is 0 Å². The van der Waals surface area contributed by atoms with E-state index in [2.05, 4.69) is 44.4 Å². The smallest absolute Gasteiger partial charge is 0.145 e. The minimum Gasteiger partial charge on any atom is -1.00 e. The number of hydrogen-bond acceptors (Lipinski definition) is 1. The minimum absolute atomic E-state index is 0. The Labute approximate surface area is 122 Å². The molecule has 0 radical (unpaired) electrons. The molecule has 4 heteroatoms. The van der Waals surface area contributed by atoms with Crippen molar-refractivity contribution in [3.05, 3.63) is 29.8 Å². The monoisotopic (exact) mass is 363 g/mol. The molecule has 1 aromatic carbocycles. The highest BCUT2D eigenvalue weighted by Gasteiger charge is 2.41. The topological polar surface area (TPSA) is 20.2 Å². The van der Waals surface area contributed by atoms with Crippen LogP contribution in [0.4, 0.5) is 0 Å². The highest BCUT2D eigenvalue weighted by Crippen LogP contribution is 2.22. The summed E-state index contributed by atoms with van der Waals surface area (Å²) in [6, 6.07) is 8.87. The van der Waals surface area contributed by atoms with Crippen LogP contribution < -0.4 is 29.2 Å². The number of hydrogen-bond donors (Lipinski definition) is 1. The summed E-state index contributed by atoms with van der Waals surface area (Å²) in [6.45, 7) is 7.14. The van der Waals surface area contributed by atoms with E-state index >= 15 is 0 Å². The van der Waals surface area contributed by atoms with E-state index in [9.17, 15) is 5.11 Å². The largest absolute Gasteiger partial charge is 1.00 e. The average molecular weight is 363 g/mol. The zero-order valence-electron chi connectivity index (χ0n) is 10.9. The van der Waals surface area contributed by atoms with Crippen LogP contribution in [0.15, 0.2) is 24.3 Å². The molecule has 0 spiro atoms. The van der Waals surface area contributed by atoms with Crippen molar-refractivity contribution in [3.8, 4) is 0 Å². The number of halogens is 1. The van der Waals surface area contributed by atoms with Crippen molar-refractivity contribution in [3.63, 3.8) is 0 Å². The van der Waals surface area contributed by atoms with E-state index in [1.54, 1.807) is 5.19 Å². The van der Waals surface area contributed by atoms with E-state index in [0.717, 1.165) is 17.6 Å². The second-order valence-electron chi connectivity index (χ2n) is 5.92. The SMILES string of the molecule is C[N+]1(CCO)Cc2ccccc2[Si](C)(C)C1.[I-]. The summed E-state index contributed by atoms with van der Waals surface area (Å²) >= 11 is 0. The first-order valence-electron chi connectivity index (χ1n) is 6.00. The molecule has 2 nitrogen and oxygen atoms in total. The summed E-state index contributed by atoms with van der Waals surface area (Å²) < 4.78 is 1.01. The number of quaternary nitrogens is 1. The Morgan fingerprint density at radius 3 is 2.59 bits per heavy atom. The van der Waals surface area contributed by atoms with Gasteiger partial charge < -0.3 is 33.6 Å². The highest BCUT2D eigenvalue weighted by molar-refractivity contribution is 6.90. The molecule has 2 rings (SSSR count). The highest BCUT2D eigenvalue weighted by atomic mass is 127. The van der Waals surface area contributed by atoms with Gasteiger partial charge in [-0.1, -0.05) is 37.4 Å². The lowest BCUT2D eigenvalue weighted by Crippen LogP contribution is -3.00. The molecule has 96 valence electrons. The second kappa shape index (κ2) is 5.38. The van der Waals surface area contributed by atoms with Crippen molar-refractivity contribution in [1.82, 2.24) is 0 Å². The van der Waals surface area contributed by atoms with E-state index in [0.29, 0.717) is 6.61 Å². The number of aliphatic hydroxyl groups is 1. The van der Waals surface area contributed by atoms with Crippen LogP contribution in [-0.2, 0) is 6.54 Å². The molecule has 0 aliphatic carbocycles. The molecule has 1 atom stereocenters. The molecule has 1 unspecified atom stereocenters. The van der Waals surface area contributed by atoms with Crippen LogP contribution in [0, 0.1) is 0 Å². The third kappa shape index (κ3) is 3.10. The summed E-state index contributed by atoms with van der Waals surface area (Å²) in [5.41, 5.74) is 1.50. The van der Waals surface area contributed by atoms with Gasteiger partial charge in [-0.05, 0) is 5.19 Å². The van der Waals surface area contributed by atoms with Crippen molar-refractivity contribution in [2.75, 3.05) is 26.4 Å². The van der Waals surface area contributed by atoms with Crippen molar-refractivity contribution in [2.45, 2.75) is 19.6 Å². The van der Waals surface area contributed by atoms with E-state index in [1.807, 2.05) is 0 Å². The molecule has 0 bridgehead atoms. The Balaban J connectivity index is 0.00000144. The van der Waals surface area contributed by atoms with Crippen LogP contribution in [-0.4, -0.2) is 44.0 Å². The summed E-state index contributed by atoms with van der Waals surface area (Å²) in [5, 5.41) is 10.8. The van der Waals surface area contributed by atoms with Gasteiger partial charge in [0.15, 0.2) is 0 Å². The van der Waals surface area contributed by atoms with Gasteiger partial charge in [-0.15, -0.1) is 0 Å². The predicted octanol–water partition coefficient (Wildman–Crippen LogP) is -1.90. The maximum Gasteiger partial charge on any atom is 0.145 e. The third-order valence-corrected chi connectivity index (χ3v) is 7.22. The van der Waals surface area contributed by atoms with Gasteiger partial charge in [-0.25, -0.2) is 0 Å². The van der Waals surface area contributed by atoms with Gasteiger partial charge in [0.1, 0.15) is 21.2 Å². The summed E-state index contributed by atoms with van der Waals surface area (Å²) in [4.78, 5) is 0. The van der Waals surface area contributed by atoms with Gasteiger partial charge in [0.25, 0.3) is 0 Å². The van der Waals surface area contributed by atoms with Gasteiger partial charge in [0, 0.05) is 5.56 Å². The number of benzene rings is 1. The lowest BCUT2D eigenvalue weighted by Gasteiger charge is -2.44. The predicted molar refractivity (Wildman–Crippen MR) is 70.3 cm³/mol. The first kappa shape index (κ1) is 15.1. The first-order chi connectivity index (χ1) is 7.47.